The summed E-state index contributed by atoms with van der Waals surface area (Å²) in [6.45, 7) is 1.19. The molecule has 1 fully saturated rings. The molecule has 0 saturated carbocycles. The van der Waals surface area contributed by atoms with E-state index in [1.54, 1.807) is 11.3 Å². The van der Waals surface area contributed by atoms with E-state index < -0.39 is 0 Å². The van der Waals surface area contributed by atoms with E-state index in [2.05, 4.69) is 4.98 Å². The zero-order valence-corrected chi connectivity index (χ0v) is 13.0. The largest absolute Gasteiger partial charge is 0.487 e. The van der Waals surface area contributed by atoms with Crippen molar-refractivity contribution in [1.29, 1.82) is 0 Å². The molecule has 116 valence electrons. The Kier molecular flexibility index (Phi) is 4.70. The molecule has 0 unspecified atom stereocenters. The molecule has 1 aliphatic heterocycles. The maximum atomic E-state index is 11.1. The number of carbonyl (C=O) groups is 1. The Bertz CT molecular complexity index is 650. The number of thiazole rings is 1. The number of primary amides is 1. The second kappa shape index (κ2) is 6.89. The molecule has 22 heavy (non-hydrogen) atoms. The Morgan fingerprint density at radius 2 is 2.32 bits per heavy atom. The van der Waals surface area contributed by atoms with Crippen molar-refractivity contribution in [3.05, 3.63) is 45.9 Å². The van der Waals surface area contributed by atoms with Crippen LogP contribution in [0.5, 0.6) is 5.75 Å². The van der Waals surface area contributed by atoms with Crippen molar-refractivity contribution in [2.24, 2.45) is 5.73 Å². The van der Waals surface area contributed by atoms with E-state index in [4.69, 9.17) is 15.2 Å². The van der Waals surface area contributed by atoms with E-state index in [9.17, 15) is 4.79 Å². The van der Waals surface area contributed by atoms with E-state index in [1.807, 2.05) is 29.6 Å². The standard InChI is InChI=1S/C16H18N2O3S/c17-15(19)8-11-4-1-2-5-13(11)21-9-12-10-22-16(18-12)14-6-3-7-20-14/h1-2,4-5,10,14H,3,6-9H2,(H2,17,19)/t14-/m0/s1. The predicted octanol–water partition coefficient (Wildman–Crippen LogP) is 2.60. The number of hydrogen-bond acceptors (Lipinski definition) is 5. The molecule has 1 aliphatic rings. The molecular weight excluding hydrogens is 300 g/mol. The number of para-hydroxylation sites is 1. The Hall–Kier alpha value is -1.92. The lowest BCUT2D eigenvalue weighted by atomic mass is 10.1. The van der Waals surface area contributed by atoms with Crippen LogP contribution in [-0.2, 0) is 22.6 Å². The van der Waals surface area contributed by atoms with Crippen LogP contribution in [-0.4, -0.2) is 17.5 Å². The summed E-state index contributed by atoms with van der Waals surface area (Å²) in [6, 6.07) is 7.42. The van der Waals surface area contributed by atoms with Gasteiger partial charge in [0.15, 0.2) is 0 Å². The Morgan fingerprint density at radius 1 is 1.45 bits per heavy atom. The van der Waals surface area contributed by atoms with E-state index in [-0.39, 0.29) is 18.4 Å². The number of hydrogen-bond donors (Lipinski definition) is 1. The fraction of sp³-hybridized carbons (Fsp3) is 0.375. The van der Waals surface area contributed by atoms with Gasteiger partial charge >= 0.3 is 0 Å². The minimum Gasteiger partial charge on any atom is -0.487 e. The van der Waals surface area contributed by atoms with Crippen LogP contribution in [0, 0.1) is 0 Å². The average molecular weight is 318 g/mol. The third-order valence-electron chi connectivity index (χ3n) is 3.49. The van der Waals surface area contributed by atoms with Crippen LogP contribution in [0.3, 0.4) is 0 Å². The summed E-state index contributed by atoms with van der Waals surface area (Å²) < 4.78 is 11.4. The number of rotatable bonds is 6. The number of carbonyl (C=O) groups excluding carboxylic acids is 1. The summed E-state index contributed by atoms with van der Waals surface area (Å²) in [7, 11) is 0. The van der Waals surface area contributed by atoms with Crippen molar-refractivity contribution in [2.45, 2.75) is 32.0 Å². The maximum absolute atomic E-state index is 11.1. The molecule has 6 heteroatoms. The molecule has 2 heterocycles. The van der Waals surface area contributed by atoms with Crippen LogP contribution in [0.1, 0.15) is 35.2 Å². The first kappa shape index (κ1) is 15.0. The van der Waals surface area contributed by atoms with Crippen molar-refractivity contribution in [2.75, 3.05) is 6.61 Å². The molecule has 0 bridgehead atoms. The van der Waals surface area contributed by atoms with Crippen molar-refractivity contribution >= 4 is 17.2 Å². The number of nitrogens with zero attached hydrogens (tertiary/aromatic N) is 1. The number of amides is 1. The number of benzene rings is 1. The molecular formula is C16H18N2O3S. The summed E-state index contributed by atoms with van der Waals surface area (Å²) >= 11 is 1.61. The predicted molar refractivity (Wildman–Crippen MR) is 83.7 cm³/mol. The molecule has 0 aliphatic carbocycles. The normalized spacial score (nSPS) is 17.5. The van der Waals surface area contributed by atoms with Gasteiger partial charge in [0.05, 0.1) is 12.1 Å². The summed E-state index contributed by atoms with van der Waals surface area (Å²) in [6.07, 6.45) is 2.45. The highest BCUT2D eigenvalue weighted by Crippen LogP contribution is 2.31. The molecule has 2 N–H and O–H groups in total. The van der Waals surface area contributed by atoms with Gasteiger partial charge in [0.1, 0.15) is 23.5 Å². The molecule has 0 spiro atoms. The van der Waals surface area contributed by atoms with E-state index in [0.29, 0.717) is 12.4 Å². The summed E-state index contributed by atoms with van der Waals surface area (Å²) in [5.41, 5.74) is 6.93. The zero-order chi connectivity index (χ0) is 15.4. The van der Waals surface area contributed by atoms with E-state index >= 15 is 0 Å². The third-order valence-corrected chi connectivity index (χ3v) is 4.47. The van der Waals surface area contributed by atoms with Crippen LogP contribution in [0.25, 0.3) is 0 Å². The molecule has 1 aromatic carbocycles. The van der Waals surface area contributed by atoms with Gasteiger partial charge in [-0.25, -0.2) is 4.98 Å². The first-order chi connectivity index (χ1) is 10.7. The smallest absolute Gasteiger partial charge is 0.221 e. The molecule has 1 amide bonds. The highest BCUT2D eigenvalue weighted by Gasteiger charge is 2.21. The number of nitrogens with two attached hydrogens (primary N) is 1. The van der Waals surface area contributed by atoms with Crippen molar-refractivity contribution in [1.82, 2.24) is 4.98 Å². The molecule has 1 saturated heterocycles. The molecule has 1 aromatic heterocycles. The monoisotopic (exact) mass is 318 g/mol. The quantitative estimate of drug-likeness (QED) is 0.888. The lowest BCUT2D eigenvalue weighted by Gasteiger charge is -2.09. The maximum Gasteiger partial charge on any atom is 0.221 e. The fourth-order valence-electron chi connectivity index (χ4n) is 2.44. The summed E-state index contributed by atoms with van der Waals surface area (Å²) in [5, 5.41) is 3.01. The SMILES string of the molecule is NC(=O)Cc1ccccc1OCc1csc([C@@H]2CCCO2)n1. The van der Waals surface area contributed by atoms with Gasteiger partial charge in [-0.05, 0) is 18.9 Å². The number of ether oxygens (including phenoxy) is 2. The lowest BCUT2D eigenvalue weighted by Crippen LogP contribution is -2.14. The summed E-state index contributed by atoms with van der Waals surface area (Å²) in [4.78, 5) is 15.7. The Labute approximate surface area is 133 Å². The van der Waals surface area contributed by atoms with Gasteiger partial charge in [0.25, 0.3) is 0 Å². The molecule has 3 rings (SSSR count). The Morgan fingerprint density at radius 3 is 3.09 bits per heavy atom. The van der Waals surface area contributed by atoms with Gasteiger partial charge in [-0.2, -0.15) is 0 Å². The van der Waals surface area contributed by atoms with Gasteiger partial charge in [0.2, 0.25) is 5.91 Å². The topological polar surface area (TPSA) is 74.4 Å². The van der Waals surface area contributed by atoms with Crippen molar-refractivity contribution < 1.29 is 14.3 Å². The van der Waals surface area contributed by atoms with Crippen LogP contribution in [0.2, 0.25) is 0 Å². The molecule has 2 aromatic rings. The van der Waals surface area contributed by atoms with Crippen LogP contribution >= 0.6 is 11.3 Å². The second-order valence-electron chi connectivity index (χ2n) is 5.22. The average Bonchev–Trinajstić information content (AvgIpc) is 3.17. The highest BCUT2D eigenvalue weighted by molar-refractivity contribution is 7.09. The first-order valence-electron chi connectivity index (χ1n) is 7.27. The Balaban J connectivity index is 1.64. The minimum atomic E-state index is -0.370. The van der Waals surface area contributed by atoms with Crippen LogP contribution in [0.15, 0.2) is 29.6 Å². The second-order valence-corrected chi connectivity index (χ2v) is 6.11. The fourth-order valence-corrected chi connectivity index (χ4v) is 3.32. The van der Waals surface area contributed by atoms with Crippen LogP contribution < -0.4 is 10.5 Å². The molecule has 1 atom stereocenters. The third kappa shape index (κ3) is 3.64. The minimum absolute atomic E-state index is 0.140. The van der Waals surface area contributed by atoms with E-state index in [1.165, 1.54) is 0 Å². The molecule has 0 radical (unpaired) electrons. The number of aromatic nitrogens is 1. The highest BCUT2D eigenvalue weighted by atomic mass is 32.1. The van der Waals surface area contributed by atoms with E-state index in [0.717, 1.165) is 35.7 Å². The lowest BCUT2D eigenvalue weighted by molar-refractivity contribution is -0.117. The van der Waals surface area contributed by atoms with Gasteiger partial charge < -0.3 is 15.2 Å². The van der Waals surface area contributed by atoms with Gasteiger partial charge in [-0.15, -0.1) is 11.3 Å². The van der Waals surface area contributed by atoms with Crippen molar-refractivity contribution in [3.63, 3.8) is 0 Å². The molecule has 5 nitrogen and oxygen atoms in total. The summed E-state index contributed by atoms with van der Waals surface area (Å²) in [5.74, 6) is 0.304. The zero-order valence-electron chi connectivity index (χ0n) is 12.2. The van der Waals surface area contributed by atoms with Crippen LogP contribution in [0.4, 0.5) is 0 Å². The van der Waals surface area contributed by atoms with Gasteiger partial charge in [-0.1, -0.05) is 18.2 Å². The van der Waals surface area contributed by atoms with Gasteiger partial charge in [-0.3, -0.25) is 4.79 Å². The van der Waals surface area contributed by atoms with Crippen molar-refractivity contribution in [3.8, 4) is 5.75 Å². The van der Waals surface area contributed by atoms with Gasteiger partial charge in [0, 0.05) is 17.6 Å². The first-order valence-corrected chi connectivity index (χ1v) is 8.15.